The van der Waals surface area contributed by atoms with Crippen LogP contribution in [0.15, 0.2) is 47.4 Å². The largest absolute Gasteiger partial charge is 0.495 e. The summed E-state index contributed by atoms with van der Waals surface area (Å²) in [5.41, 5.74) is 1.89. The van der Waals surface area contributed by atoms with Gasteiger partial charge in [-0.25, -0.2) is 13.6 Å². The molecule has 0 aliphatic rings. The van der Waals surface area contributed by atoms with Crippen LogP contribution in [0.4, 0.5) is 0 Å². The van der Waals surface area contributed by atoms with Gasteiger partial charge < -0.3 is 19.5 Å². The van der Waals surface area contributed by atoms with Crippen molar-refractivity contribution >= 4 is 10.0 Å². The molecule has 7 nitrogen and oxygen atoms in total. The highest BCUT2D eigenvalue weighted by atomic mass is 32.2. The van der Waals surface area contributed by atoms with Gasteiger partial charge in [-0.3, -0.25) is 0 Å². The number of hydrogen-bond donors (Lipinski definition) is 2. The predicted molar refractivity (Wildman–Crippen MR) is 113 cm³/mol. The average molecular weight is 423 g/mol. The second-order valence-electron chi connectivity index (χ2n) is 6.68. The lowest BCUT2D eigenvalue weighted by Crippen LogP contribution is -2.31. The van der Waals surface area contributed by atoms with Crippen molar-refractivity contribution in [3.8, 4) is 11.5 Å². The Morgan fingerprint density at radius 2 is 1.90 bits per heavy atom. The number of sulfonamides is 1. The number of para-hydroxylation sites is 1. The van der Waals surface area contributed by atoms with Gasteiger partial charge in [0.2, 0.25) is 10.0 Å². The van der Waals surface area contributed by atoms with Crippen LogP contribution in [0.25, 0.3) is 0 Å². The Kier molecular flexibility index (Phi) is 8.91. The Morgan fingerprint density at radius 3 is 2.59 bits per heavy atom. The number of nitrogens with two attached hydrogens (primary N) is 1. The highest BCUT2D eigenvalue weighted by Gasteiger charge is 2.16. The van der Waals surface area contributed by atoms with E-state index in [2.05, 4.69) is 5.32 Å². The molecule has 0 saturated heterocycles. The van der Waals surface area contributed by atoms with Crippen LogP contribution < -0.4 is 19.9 Å². The van der Waals surface area contributed by atoms with Crippen molar-refractivity contribution < 1.29 is 22.6 Å². The van der Waals surface area contributed by atoms with Crippen LogP contribution in [0, 0.1) is 0 Å². The quantitative estimate of drug-likeness (QED) is 0.510. The SMILES string of the molecule is CCOc1ccccc1COCCN[C@H](C)Cc1ccc(OC)c(S(N)(=O)=O)c1. The normalized spacial score (nSPS) is 12.6. The molecule has 0 saturated carbocycles. The number of primary sulfonamides is 1. The van der Waals surface area contributed by atoms with Gasteiger partial charge in [0.25, 0.3) is 0 Å². The fourth-order valence-corrected chi connectivity index (χ4v) is 3.72. The van der Waals surface area contributed by atoms with Crippen molar-refractivity contribution in [1.29, 1.82) is 0 Å². The molecule has 0 heterocycles. The zero-order chi connectivity index (χ0) is 21.3. The summed E-state index contributed by atoms with van der Waals surface area (Å²) >= 11 is 0. The minimum Gasteiger partial charge on any atom is -0.495 e. The van der Waals surface area contributed by atoms with E-state index in [9.17, 15) is 8.42 Å². The van der Waals surface area contributed by atoms with E-state index in [-0.39, 0.29) is 16.7 Å². The van der Waals surface area contributed by atoms with E-state index >= 15 is 0 Å². The minimum atomic E-state index is -3.84. The number of benzene rings is 2. The number of nitrogens with one attached hydrogen (secondary N) is 1. The third kappa shape index (κ3) is 7.32. The highest BCUT2D eigenvalue weighted by molar-refractivity contribution is 7.89. The van der Waals surface area contributed by atoms with E-state index in [1.165, 1.54) is 7.11 Å². The van der Waals surface area contributed by atoms with Gasteiger partial charge in [-0.05, 0) is 44.0 Å². The third-order valence-corrected chi connectivity index (χ3v) is 5.28. The predicted octanol–water partition coefficient (Wildman–Crippen LogP) is 2.48. The smallest absolute Gasteiger partial charge is 0.241 e. The van der Waals surface area contributed by atoms with Gasteiger partial charge in [0.1, 0.15) is 16.4 Å². The summed E-state index contributed by atoms with van der Waals surface area (Å²) in [7, 11) is -2.42. The second-order valence-corrected chi connectivity index (χ2v) is 8.21. The third-order valence-electron chi connectivity index (χ3n) is 4.35. The number of methoxy groups -OCH3 is 1. The van der Waals surface area contributed by atoms with Crippen molar-refractivity contribution in [1.82, 2.24) is 5.32 Å². The zero-order valence-corrected chi connectivity index (χ0v) is 18.0. The maximum Gasteiger partial charge on any atom is 0.241 e. The summed E-state index contributed by atoms with van der Waals surface area (Å²) in [6.07, 6.45) is 0.652. The Hall–Kier alpha value is -2.13. The first-order chi connectivity index (χ1) is 13.8. The molecule has 0 aromatic heterocycles. The molecule has 0 radical (unpaired) electrons. The Balaban J connectivity index is 1.80. The van der Waals surface area contributed by atoms with Gasteiger partial charge in [0.15, 0.2) is 0 Å². The number of ether oxygens (including phenoxy) is 3. The Morgan fingerprint density at radius 1 is 1.14 bits per heavy atom. The molecule has 0 aliphatic carbocycles. The summed E-state index contributed by atoms with van der Waals surface area (Å²) in [4.78, 5) is 0.000923. The summed E-state index contributed by atoms with van der Waals surface area (Å²) in [5, 5.41) is 8.65. The topological polar surface area (TPSA) is 99.9 Å². The van der Waals surface area contributed by atoms with Crippen molar-refractivity contribution in [3.63, 3.8) is 0 Å². The lowest BCUT2D eigenvalue weighted by Gasteiger charge is -2.16. The van der Waals surface area contributed by atoms with Crippen LogP contribution in [-0.4, -0.2) is 41.3 Å². The molecule has 0 amide bonds. The molecule has 0 fully saturated rings. The van der Waals surface area contributed by atoms with E-state index in [0.29, 0.717) is 32.8 Å². The number of rotatable bonds is 12. The summed E-state index contributed by atoms with van der Waals surface area (Å²) in [6.45, 7) is 6.33. The van der Waals surface area contributed by atoms with Gasteiger partial charge in [-0.2, -0.15) is 0 Å². The molecule has 0 aliphatic heterocycles. The van der Waals surface area contributed by atoms with Crippen molar-refractivity contribution in [2.75, 3.05) is 26.9 Å². The van der Waals surface area contributed by atoms with Crippen LogP contribution in [-0.2, 0) is 27.8 Å². The summed E-state index contributed by atoms with van der Waals surface area (Å²) < 4.78 is 39.9. The van der Waals surface area contributed by atoms with E-state index in [0.717, 1.165) is 16.9 Å². The van der Waals surface area contributed by atoms with Gasteiger partial charge >= 0.3 is 0 Å². The number of hydrogen-bond acceptors (Lipinski definition) is 6. The Labute approximate surface area is 173 Å². The lowest BCUT2D eigenvalue weighted by atomic mass is 10.1. The fraction of sp³-hybridized carbons (Fsp3) is 0.429. The molecule has 0 unspecified atom stereocenters. The van der Waals surface area contributed by atoms with Gasteiger partial charge in [0.05, 0.1) is 26.9 Å². The molecule has 2 aromatic rings. The van der Waals surface area contributed by atoms with E-state index in [1.807, 2.05) is 44.2 Å². The van der Waals surface area contributed by atoms with E-state index < -0.39 is 10.0 Å². The van der Waals surface area contributed by atoms with Crippen LogP contribution in [0.2, 0.25) is 0 Å². The maximum absolute atomic E-state index is 11.7. The first kappa shape index (κ1) is 23.2. The fourth-order valence-electron chi connectivity index (χ4n) is 2.98. The second kappa shape index (κ2) is 11.2. The van der Waals surface area contributed by atoms with Gasteiger partial charge in [-0.1, -0.05) is 24.3 Å². The van der Waals surface area contributed by atoms with Gasteiger partial charge in [0, 0.05) is 18.2 Å². The molecule has 2 rings (SSSR count). The summed E-state index contributed by atoms with van der Waals surface area (Å²) in [6, 6.07) is 13.0. The minimum absolute atomic E-state index is 0.000923. The molecular formula is C21H30N2O5S. The molecular weight excluding hydrogens is 392 g/mol. The maximum atomic E-state index is 11.7. The zero-order valence-electron chi connectivity index (χ0n) is 17.2. The van der Waals surface area contributed by atoms with Crippen LogP contribution in [0.3, 0.4) is 0 Å². The van der Waals surface area contributed by atoms with Crippen LogP contribution >= 0.6 is 0 Å². The molecule has 3 N–H and O–H groups in total. The standard InChI is InChI=1S/C21H30N2O5S/c1-4-28-19-8-6-5-7-18(19)15-27-12-11-23-16(2)13-17-9-10-20(26-3)21(14-17)29(22,24)25/h5-10,14,16,23H,4,11-13,15H2,1-3H3,(H2,22,24,25)/t16-/m1/s1. The highest BCUT2D eigenvalue weighted by Crippen LogP contribution is 2.24. The molecule has 0 bridgehead atoms. The molecule has 1 atom stereocenters. The first-order valence-corrected chi connectivity index (χ1v) is 11.1. The monoisotopic (exact) mass is 422 g/mol. The molecule has 8 heteroatoms. The van der Waals surface area contributed by atoms with Crippen molar-refractivity contribution in [2.24, 2.45) is 5.14 Å². The molecule has 0 spiro atoms. The van der Waals surface area contributed by atoms with Crippen molar-refractivity contribution in [2.45, 2.75) is 37.8 Å². The van der Waals surface area contributed by atoms with Gasteiger partial charge in [-0.15, -0.1) is 0 Å². The average Bonchev–Trinajstić information content (AvgIpc) is 2.68. The lowest BCUT2D eigenvalue weighted by molar-refractivity contribution is 0.118. The molecule has 160 valence electrons. The van der Waals surface area contributed by atoms with Crippen molar-refractivity contribution in [3.05, 3.63) is 53.6 Å². The first-order valence-electron chi connectivity index (χ1n) is 9.56. The molecule has 2 aromatic carbocycles. The van der Waals surface area contributed by atoms with E-state index in [1.54, 1.807) is 12.1 Å². The van der Waals surface area contributed by atoms with E-state index in [4.69, 9.17) is 19.3 Å². The Bertz CT molecular complexity index is 886. The summed E-state index contributed by atoms with van der Waals surface area (Å²) in [5.74, 6) is 1.10. The van der Waals surface area contributed by atoms with Crippen LogP contribution in [0.1, 0.15) is 25.0 Å². The van der Waals surface area contributed by atoms with Crippen LogP contribution in [0.5, 0.6) is 11.5 Å². The molecule has 29 heavy (non-hydrogen) atoms.